The van der Waals surface area contributed by atoms with Crippen LogP contribution < -0.4 is 20.9 Å². The van der Waals surface area contributed by atoms with Gasteiger partial charge in [-0.25, -0.2) is 15.0 Å². The number of nitrogen functional groups attached to an aromatic ring is 1. The second-order valence-corrected chi connectivity index (χ2v) is 7.27. The van der Waals surface area contributed by atoms with Crippen LogP contribution >= 0.6 is 23.2 Å². The van der Waals surface area contributed by atoms with E-state index in [1.54, 1.807) is 18.3 Å². The zero-order valence-electron chi connectivity index (χ0n) is 15.0. The topological polar surface area (TPSA) is 83.2 Å². The molecule has 0 bridgehead atoms. The fraction of sp³-hybridized carbons (Fsp3) is 0.211. The van der Waals surface area contributed by atoms with Crippen molar-refractivity contribution >= 4 is 52.0 Å². The van der Waals surface area contributed by atoms with Crippen LogP contribution in [-0.2, 0) is 0 Å². The molecule has 0 amide bonds. The normalized spacial score (nSPS) is 14.2. The molecule has 9 heteroatoms. The van der Waals surface area contributed by atoms with Gasteiger partial charge in [0, 0.05) is 43.1 Å². The Hall–Kier alpha value is -2.77. The molecular formula is C19H19Cl2N7. The molecule has 3 aromatic rings. The lowest BCUT2D eigenvalue weighted by Crippen LogP contribution is -2.47. The van der Waals surface area contributed by atoms with Gasteiger partial charge in [-0.1, -0.05) is 29.3 Å². The van der Waals surface area contributed by atoms with Gasteiger partial charge in [-0.05, 0) is 30.3 Å². The molecule has 0 unspecified atom stereocenters. The Morgan fingerprint density at radius 1 is 0.893 bits per heavy atom. The summed E-state index contributed by atoms with van der Waals surface area (Å²) in [5.74, 6) is 1.86. The summed E-state index contributed by atoms with van der Waals surface area (Å²) in [6, 6.07) is 11.4. The van der Waals surface area contributed by atoms with E-state index < -0.39 is 0 Å². The number of nitrogens with two attached hydrogens (primary N) is 1. The highest BCUT2D eigenvalue weighted by Gasteiger charge is 2.21. The molecule has 4 rings (SSSR count). The van der Waals surface area contributed by atoms with Crippen LogP contribution in [-0.4, -0.2) is 41.1 Å². The van der Waals surface area contributed by atoms with Crippen LogP contribution in [0, 0.1) is 0 Å². The Bertz CT molecular complexity index is 957. The molecule has 0 saturated carbocycles. The standard InChI is InChI=1S/C19H19Cl2N7/c20-13-2-1-3-15(10-13)27-6-8-28(9-7-27)19-17(22)18(24-12-25-19)26-16-5-4-14(21)11-23-16/h1-5,10-12H,6-9,22H2,(H,23,24,25,26). The smallest absolute Gasteiger partial charge is 0.160 e. The maximum absolute atomic E-state index is 6.34. The summed E-state index contributed by atoms with van der Waals surface area (Å²) in [6.45, 7) is 3.30. The second kappa shape index (κ2) is 8.08. The number of halogens is 2. The van der Waals surface area contributed by atoms with Crippen molar-refractivity contribution in [2.24, 2.45) is 0 Å². The lowest BCUT2D eigenvalue weighted by Gasteiger charge is -2.37. The summed E-state index contributed by atoms with van der Waals surface area (Å²) in [4.78, 5) is 17.3. The number of pyridine rings is 1. The molecule has 1 saturated heterocycles. The van der Waals surface area contributed by atoms with Gasteiger partial charge in [-0.2, -0.15) is 0 Å². The van der Waals surface area contributed by atoms with Crippen LogP contribution in [0.15, 0.2) is 48.9 Å². The van der Waals surface area contributed by atoms with Gasteiger partial charge in [0.05, 0.1) is 5.02 Å². The minimum atomic E-state index is 0.496. The van der Waals surface area contributed by atoms with Crippen LogP contribution in [0.25, 0.3) is 0 Å². The molecule has 7 nitrogen and oxygen atoms in total. The highest BCUT2D eigenvalue weighted by Crippen LogP contribution is 2.29. The lowest BCUT2D eigenvalue weighted by atomic mass is 10.2. The van der Waals surface area contributed by atoms with Crippen molar-refractivity contribution in [1.29, 1.82) is 0 Å². The van der Waals surface area contributed by atoms with Gasteiger partial charge in [0.2, 0.25) is 0 Å². The number of benzene rings is 1. The van der Waals surface area contributed by atoms with E-state index >= 15 is 0 Å². The van der Waals surface area contributed by atoms with Crippen molar-refractivity contribution in [2.45, 2.75) is 0 Å². The fourth-order valence-corrected chi connectivity index (χ4v) is 3.45. The van der Waals surface area contributed by atoms with Crippen molar-refractivity contribution in [3.8, 4) is 0 Å². The first-order valence-electron chi connectivity index (χ1n) is 8.84. The Balaban J connectivity index is 1.47. The van der Waals surface area contributed by atoms with Gasteiger partial charge in [-0.15, -0.1) is 0 Å². The number of nitrogens with zero attached hydrogens (tertiary/aromatic N) is 5. The van der Waals surface area contributed by atoms with Gasteiger partial charge in [-0.3, -0.25) is 0 Å². The molecule has 0 atom stereocenters. The summed E-state index contributed by atoms with van der Waals surface area (Å²) >= 11 is 12.0. The first-order valence-corrected chi connectivity index (χ1v) is 9.60. The van der Waals surface area contributed by atoms with Gasteiger partial charge in [0.25, 0.3) is 0 Å². The van der Waals surface area contributed by atoms with E-state index in [2.05, 4.69) is 36.1 Å². The molecule has 28 heavy (non-hydrogen) atoms. The summed E-state index contributed by atoms with van der Waals surface area (Å²) in [6.07, 6.45) is 3.07. The SMILES string of the molecule is Nc1c(Nc2ccc(Cl)cn2)ncnc1N1CCN(c2cccc(Cl)c2)CC1. The monoisotopic (exact) mass is 415 g/mol. The lowest BCUT2D eigenvalue weighted by molar-refractivity contribution is 0.647. The molecule has 3 N–H and O–H groups in total. The molecule has 0 spiro atoms. The first kappa shape index (κ1) is 18.6. The average Bonchev–Trinajstić information content (AvgIpc) is 2.71. The molecule has 3 heterocycles. The maximum Gasteiger partial charge on any atom is 0.160 e. The van der Waals surface area contributed by atoms with Crippen molar-refractivity contribution in [2.75, 3.05) is 47.0 Å². The van der Waals surface area contributed by atoms with Crippen molar-refractivity contribution < 1.29 is 0 Å². The Labute approximate surface area is 173 Å². The van der Waals surface area contributed by atoms with Crippen molar-refractivity contribution in [1.82, 2.24) is 15.0 Å². The van der Waals surface area contributed by atoms with Gasteiger partial charge in [0.1, 0.15) is 17.8 Å². The first-order chi connectivity index (χ1) is 13.6. The summed E-state index contributed by atoms with van der Waals surface area (Å²) in [7, 11) is 0. The molecule has 144 valence electrons. The molecule has 0 aliphatic carbocycles. The van der Waals surface area contributed by atoms with Gasteiger partial charge >= 0.3 is 0 Å². The van der Waals surface area contributed by atoms with Crippen LogP contribution in [0.4, 0.5) is 28.8 Å². The van der Waals surface area contributed by atoms with E-state index in [-0.39, 0.29) is 0 Å². The van der Waals surface area contributed by atoms with E-state index in [0.29, 0.717) is 22.3 Å². The van der Waals surface area contributed by atoms with Crippen LogP contribution in [0.3, 0.4) is 0 Å². The molecule has 1 fully saturated rings. The number of aromatic nitrogens is 3. The highest BCUT2D eigenvalue weighted by molar-refractivity contribution is 6.31. The third-order valence-electron chi connectivity index (χ3n) is 4.59. The molecule has 2 aromatic heterocycles. The minimum absolute atomic E-state index is 0.496. The van der Waals surface area contributed by atoms with E-state index in [9.17, 15) is 0 Å². The fourth-order valence-electron chi connectivity index (χ4n) is 3.16. The van der Waals surface area contributed by atoms with E-state index in [0.717, 1.165) is 42.7 Å². The van der Waals surface area contributed by atoms with Crippen molar-refractivity contribution in [3.63, 3.8) is 0 Å². The number of anilines is 5. The highest BCUT2D eigenvalue weighted by atomic mass is 35.5. The number of nitrogens with one attached hydrogen (secondary N) is 1. The van der Waals surface area contributed by atoms with Crippen LogP contribution in [0.5, 0.6) is 0 Å². The molecule has 0 radical (unpaired) electrons. The second-order valence-electron chi connectivity index (χ2n) is 6.40. The third kappa shape index (κ3) is 4.05. The van der Waals surface area contributed by atoms with E-state index in [1.807, 2.05) is 18.2 Å². The number of rotatable bonds is 4. The average molecular weight is 416 g/mol. The minimum Gasteiger partial charge on any atom is -0.393 e. The summed E-state index contributed by atoms with van der Waals surface area (Å²) < 4.78 is 0. The Kier molecular flexibility index (Phi) is 5.36. The van der Waals surface area contributed by atoms with Crippen LogP contribution in [0.1, 0.15) is 0 Å². The quantitative estimate of drug-likeness (QED) is 0.669. The van der Waals surface area contributed by atoms with E-state index in [1.165, 1.54) is 6.33 Å². The summed E-state index contributed by atoms with van der Waals surface area (Å²) in [5, 5.41) is 4.43. The summed E-state index contributed by atoms with van der Waals surface area (Å²) in [5.41, 5.74) is 7.96. The molecule has 1 aliphatic heterocycles. The predicted molar refractivity (Wildman–Crippen MR) is 115 cm³/mol. The molecular weight excluding hydrogens is 397 g/mol. The Morgan fingerprint density at radius 3 is 2.39 bits per heavy atom. The number of hydrogen-bond donors (Lipinski definition) is 2. The number of hydrogen-bond acceptors (Lipinski definition) is 7. The third-order valence-corrected chi connectivity index (χ3v) is 5.05. The maximum atomic E-state index is 6.34. The molecule has 1 aliphatic rings. The van der Waals surface area contributed by atoms with Crippen molar-refractivity contribution in [3.05, 3.63) is 59.0 Å². The van der Waals surface area contributed by atoms with E-state index in [4.69, 9.17) is 28.9 Å². The molecule has 1 aromatic carbocycles. The Morgan fingerprint density at radius 2 is 1.68 bits per heavy atom. The van der Waals surface area contributed by atoms with Crippen LogP contribution in [0.2, 0.25) is 10.0 Å². The predicted octanol–water partition coefficient (Wildman–Crippen LogP) is 3.83. The zero-order chi connectivity index (χ0) is 19.5. The van der Waals surface area contributed by atoms with Gasteiger partial charge in [0.15, 0.2) is 11.6 Å². The number of piperazine rings is 1. The zero-order valence-corrected chi connectivity index (χ0v) is 16.5. The largest absolute Gasteiger partial charge is 0.393 e. The van der Waals surface area contributed by atoms with Gasteiger partial charge < -0.3 is 20.9 Å².